The van der Waals surface area contributed by atoms with Gasteiger partial charge in [-0.15, -0.1) is 0 Å². The van der Waals surface area contributed by atoms with E-state index in [9.17, 15) is 29.4 Å². The number of esters is 1. The fourth-order valence-electron chi connectivity index (χ4n) is 8.57. The van der Waals surface area contributed by atoms with Crippen molar-refractivity contribution in [2.45, 2.75) is 77.0 Å². The van der Waals surface area contributed by atoms with Crippen LogP contribution < -0.4 is 11.1 Å². The van der Waals surface area contributed by atoms with E-state index in [0.717, 1.165) is 30.4 Å². The number of nitrogens with one attached hydrogen (secondary N) is 1. The zero-order chi connectivity index (χ0) is 28.9. The van der Waals surface area contributed by atoms with Gasteiger partial charge in [-0.05, 0) is 85.5 Å². The highest BCUT2D eigenvalue weighted by Crippen LogP contribution is 2.67. The highest BCUT2D eigenvalue weighted by atomic mass is 16.5. The van der Waals surface area contributed by atoms with Crippen LogP contribution >= 0.6 is 0 Å². The van der Waals surface area contributed by atoms with Crippen molar-refractivity contribution in [3.63, 3.8) is 0 Å². The summed E-state index contributed by atoms with van der Waals surface area (Å²) in [5.41, 5.74) is 4.60. The summed E-state index contributed by atoms with van der Waals surface area (Å²) < 4.78 is 5.35. The van der Waals surface area contributed by atoms with Crippen molar-refractivity contribution < 1.29 is 34.1 Å². The number of carbonyl (C=O) groups excluding carboxylic acids is 4. The minimum Gasteiger partial charge on any atom is -0.454 e. The molecule has 1 aromatic rings. The highest BCUT2D eigenvalue weighted by molar-refractivity contribution is 5.94. The van der Waals surface area contributed by atoms with Crippen molar-refractivity contribution in [3.05, 3.63) is 47.0 Å². The molecule has 9 heteroatoms. The van der Waals surface area contributed by atoms with Gasteiger partial charge in [0.25, 0.3) is 0 Å². The number of amides is 1. The third kappa shape index (κ3) is 4.72. The lowest BCUT2D eigenvalue weighted by Gasteiger charge is -2.60. The van der Waals surface area contributed by atoms with Gasteiger partial charge in [0.1, 0.15) is 5.60 Å². The highest BCUT2D eigenvalue weighted by Gasteiger charge is 2.68. The van der Waals surface area contributed by atoms with Crippen molar-refractivity contribution in [3.8, 4) is 0 Å². The molecule has 40 heavy (non-hydrogen) atoms. The van der Waals surface area contributed by atoms with Gasteiger partial charge in [0.2, 0.25) is 11.7 Å². The molecular formula is C31H40N2O7. The molecule has 0 radical (unpaired) electrons. The molecule has 0 aromatic heterocycles. The maximum absolute atomic E-state index is 13.5. The van der Waals surface area contributed by atoms with Crippen molar-refractivity contribution in [1.82, 2.24) is 5.32 Å². The van der Waals surface area contributed by atoms with Gasteiger partial charge >= 0.3 is 5.97 Å². The number of ketones is 2. The van der Waals surface area contributed by atoms with Crippen LogP contribution in [0.5, 0.6) is 0 Å². The number of ether oxygens (including phenoxy) is 1. The Labute approximate surface area is 234 Å². The summed E-state index contributed by atoms with van der Waals surface area (Å²) >= 11 is 0. The van der Waals surface area contributed by atoms with Crippen LogP contribution in [0.4, 0.5) is 0 Å². The molecule has 0 bridgehead atoms. The van der Waals surface area contributed by atoms with Gasteiger partial charge in [-0.2, -0.15) is 0 Å². The predicted octanol–water partition coefficient (Wildman–Crippen LogP) is 2.22. The number of aliphatic hydroxyl groups is 2. The molecule has 0 spiro atoms. The van der Waals surface area contributed by atoms with Crippen LogP contribution in [0.25, 0.3) is 0 Å². The Kier molecular flexibility index (Phi) is 7.52. The molecular weight excluding hydrogens is 512 g/mol. The van der Waals surface area contributed by atoms with Gasteiger partial charge in [-0.1, -0.05) is 31.6 Å². The summed E-state index contributed by atoms with van der Waals surface area (Å²) in [5, 5.41) is 26.3. The molecule has 3 fully saturated rings. The van der Waals surface area contributed by atoms with Crippen LogP contribution in [0.2, 0.25) is 0 Å². The first-order valence-corrected chi connectivity index (χ1v) is 14.3. The predicted molar refractivity (Wildman–Crippen MR) is 146 cm³/mol. The molecule has 3 saturated carbocycles. The number of benzene rings is 1. The standard InChI is InChI=1S/C31H40N2O7/c1-29-11-9-21(34)13-20(29)7-8-22-23-10-12-31(39,30(23,2)14-24(35)27(22)29)25(36)17-40-28(38)19-5-3-18(4-6-19)15-33-16-26(32)37/h3-6,13,22-24,27,33,35,39H,7-12,14-17H2,1-2H3,(H2,32,37)/t22-,23-,24-,27+,29-,30-,31-/m0/s1. The number of fused-ring (bicyclic) bond motifs is 5. The van der Waals surface area contributed by atoms with E-state index in [4.69, 9.17) is 10.5 Å². The number of primary amides is 1. The number of aliphatic hydroxyl groups excluding tert-OH is 1. The first-order chi connectivity index (χ1) is 18.9. The summed E-state index contributed by atoms with van der Waals surface area (Å²) in [7, 11) is 0. The zero-order valence-corrected chi connectivity index (χ0v) is 23.3. The largest absolute Gasteiger partial charge is 0.454 e. The Bertz CT molecular complexity index is 1240. The molecule has 1 amide bonds. The summed E-state index contributed by atoms with van der Waals surface area (Å²) in [4.78, 5) is 49.1. The number of Topliss-reactive ketones (excluding diaryl/α,β-unsaturated/α-hetero) is 1. The SMILES string of the molecule is C[C@]12CCC(=O)C=C1CC[C@@H]1[C@@H]2[C@@H](O)C[C@@]2(C)[C@H]1CC[C@]2(O)C(=O)COC(=O)c1ccc(CNCC(N)=O)cc1. The number of rotatable bonds is 8. The average molecular weight is 553 g/mol. The number of allylic oxidation sites excluding steroid dienone is 1. The minimum absolute atomic E-state index is 0.0112. The Hall–Kier alpha value is -2.88. The molecule has 4 aliphatic carbocycles. The Morgan fingerprint density at radius 1 is 1.10 bits per heavy atom. The maximum Gasteiger partial charge on any atom is 0.338 e. The van der Waals surface area contributed by atoms with Crippen LogP contribution in [-0.2, 0) is 25.7 Å². The van der Waals surface area contributed by atoms with Gasteiger partial charge in [-0.25, -0.2) is 4.79 Å². The van der Waals surface area contributed by atoms with Crippen LogP contribution in [-0.4, -0.2) is 58.5 Å². The summed E-state index contributed by atoms with van der Waals surface area (Å²) in [6.45, 7) is 3.99. The molecule has 4 aliphatic rings. The fourth-order valence-corrected chi connectivity index (χ4v) is 8.57. The first-order valence-electron chi connectivity index (χ1n) is 14.3. The van der Waals surface area contributed by atoms with E-state index in [1.165, 1.54) is 0 Å². The molecule has 0 unspecified atom stereocenters. The van der Waals surface area contributed by atoms with Crippen molar-refractivity contribution in [1.29, 1.82) is 0 Å². The number of hydrogen-bond donors (Lipinski definition) is 4. The number of hydrogen-bond acceptors (Lipinski definition) is 8. The monoisotopic (exact) mass is 552 g/mol. The lowest BCUT2D eigenvalue weighted by Crippen LogP contribution is -2.62. The zero-order valence-electron chi connectivity index (χ0n) is 23.3. The molecule has 5 N–H and O–H groups in total. The minimum atomic E-state index is -1.70. The quantitative estimate of drug-likeness (QED) is 0.358. The van der Waals surface area contributed by atoms with Crippen LogP contribution in [0.1, 0.15) is 74.7 Å². The second kappa shape index (κ2) is 10.5. The molecule has 7 atom stereocenters. The number of carbonyl (C=O) groups is 4. The Morgan fingerprint density at radius 3 is 2.52 bits per heavy atom. The van der Waals surface area contributed by atoms with Crippen LogP contribution in [0, 0.1) is 28.6 Å². The molecule has 0 heterocycles. The van der Waals surface area contributed by atoms with Crippen molar-refractivity contribution in [2.24, 2.45) is 34.3 Å². The summed E-state index contributed by atoms with van der Waals surface area (Å²) in [6, 6.07) is 6.60. The van der Waals surface area contributed by atoms with Gasteiger partial charge in [0, 0.05) is 18.4 Å². The van der Waals surface area contributed by atoms with E-state index in [1.54, 1.807) is 30.3 Å². The van der Waals surface area contributed by atoms with E-state index >= 15 is 0 Å². The third-order valence-electron chi connectivity index (χ3n) is 10.7. The molecule has 0 aliphatic heterocycles. The van der Waals surface area contributed by atoms with Gasteiger partial charge in [0.15, 0.2) is 12.4 Å². The Balaban J connectivity index is 1.25. The summed E-state index contributed by atoms with van der Waals surface area (Å²) in [6.07, 6.45) is 5.14. The van der Waals surface area contributed by atoms with Gasteiger partial charge < -0.3 is 26.0 Å². The van der Waals surface area contributed by atoms with E-state index in [-0.39, 0.29) is 53.9 Å². The van der Waals surface area contributed by atoms with Crippen molar-refractivity contribution in [2.75, 3.05) is 13.2 Å². The average Bonchev–Trinajstić information content (AvgIpc) is 3.18. The van der Waals surface area contributed by atoms with E-state index in [0.29, 0.717) is 19.4 Å². The molecule has 9 nitrogen and oxygen atoms in total. The lowest BCUT2D eigenvalue weighted by atomic mass is 9.45. The topological polar surface area (TPSA) is 156 Å². The normalized spacial score (nSPS) is 36.6. The number of nitrogens with two attached hydrogens (primary N) is 1. The van der Waals surface area contributed by atoms with Crippen molar-refractivity contribution >= 4 is 23.4 Å². The van der Waals surface area contributed by atoms with Crippen LogP contribution in [0.15, 0.2) is 35.9 Å². The second-order valence-electron chi connectivity index (χ2n) is 12.7. The smallest absolute Gasteiger partial charge is 0.338 e. The summed E-state index contributed by atoms with van der Waals surface area (Å²) in [5.74, 6) is -1.31. The van der Waals surface area contributed by atoms with E-state index in [1.807, 2.05) is 6.92 Å². The van der Waals surface area contributed by atoms with Gasteiger partial charge in [0.05, 0.1) is 18.2 Å². The van der Waals surface area contributed by atoms with E-state index < -0.39 is 41.4 Å². The van der Waals surface area contributed by atoms with E-state index in [2.05, 4.69) is 12.2 Å². The van der Waals surface area contributed by atoms with Crippen LogP contribution in [0.3, 0.4) is 0 Å². The second-order valence-corrected chi connectivity index (χ2v) is 12.7. The molecule has 5 rings (SSSR count). The maximum atomic E-state index is 13.5. The Morgan fingerprint density at radius 2 is 1.82 bits per heavy atom. The van der Waals surface area contributed by atoms with Gasteiger partial charge in [-0.3, -0.25) is 14.4 Å². The fraction of sp³-hybridized carbons (Fsp3) is 0.613. The third-order valence-corrected chi connectivity index (χ3v) is 10.7. The molecule has 0 saturated heterocycles. The molecule has 1 aromatic carbocycles. The molecule has 216 valence electrons. The lowest BCUT2D eigenvalue weighted by molar-refractivity contribution is -0.182. The first kappa shape index (κ1) is 28.6.